The Hall–Kier alpha value is -2.07. The molecule has 10 heteroatoms. The number of nitrogens with zero attached hydrogens (tertiary/aromatic N) is 3. The fraction of sp³-hybridized carbons (Fsp3) is 0.526. The molecule has 1 aliphatic heterocycles. The van der Waals surface area contributed by atoms with E-state index in [-0.39, 0.29) is 29.2 Å². The van der Waals surface area contributed by atoms with Gasteiger partial charge in [-0.05, 0) is 50.3 Å². The van der Waals surface area contributed by atoms with Crippen molar-refractivity contribution in [2.75, 3.05) is 6.61 Å². The standard InChI is InChI=1S/C19H22F3N3O3S/c1-12-18(10-24(2)23-12)29(26,27)25-15-7-6-13(8-15)17(25)11-28-16-5-3-4-14(9-16)19(20,21)22/h3-5,9-10,13,15,17H,6-8,11H2,1-2H3/t13-,15+,17-/m0/s1. The van der Waals surface area contributed by atoms with Crippen molar-refractivity contribution in [2.24, 2.45) is 13.0 Å². The van der Waals surface area contributed by atoms with Crippen LogP contribution in [0.25, 0.3) is 0 Å². The number of aryl methyl sites for hydroxylation is 2. The smallest absolute Gasteiger partial charge is 0.416 e. The first-order chi connectivity index (χ1) is 13.6. The number of fused-ring (bicyclic) bond motifs is 2. The number of sulfonamides is 1. The molecule has 158 valence electrons. The Morgan fingerprint density at radius 3 is 2.69 bits per heavy atom. The fourth-order valence-corrected chi connectivity index (χ4v) is 6.62. The van der Waals surface area contributed by atoms with Crippen molar-refractivity contribution in [1.82, 2.24) is 14.1 Å². The van der Waals surface area contributed by atoms with Crippen LogP contribution in [-0.2, 0) is 23.2 Å². The molecule has 29 heavy (non-hydrogen) atoms. The van der Waals surface area contributed by atoms with Crippen molar-refractivity contribution < 1.29 is 26.3 Å². The quantitative estimate of drug-likeness (QED) is 0.731. The molecule has 0 radical (unpaired) electrons. The third-order valence-corrected chi connectivity index (χ3v) is 7.86. The lowest BCUT2D eigenvalue weighted by molar-refractivity contribution is -0.137. The Labute approximate surface area is 167 Å². The van der Waals surface area contributed by atoms with Gasteiger partial charge in [0.1, 0.15) is 17.3 Å². The Kier molecular flexibility index (Phi) is 4.89. The maximum Gasteiger partial charge on any atom is 0.416 e. The largest absolute Gasteiger partial charge is 0.492 e. The zero-order chi connectivity index (χ0) is 21.0. The molecule has 2 fully saturated rings. The van der Waals surface area contributed by atoms with E-state index in [4.69, 9.17) is 4.74 Å². The van der Waals surface area contributed by atoms with Crippen LogP contribution in [0.5, 0.6) is 5.75 Å². The van der Waals surface area contributed by atoms with Crippen molar-refractivity contribution in [2.45, 2.75) is 49.3 Å². The van der Waals surface area contributed by atoms with Crippen molar-refractivity contribution in [3.63, 3.8) is 0 Å². The predicted molar refractivity (Wildman–Crippen MR) is 98.8 cm³/mol. The molecule has 4 rings (SSSR count). The van der Waals surface area contributed by atoms with Gasteiger partial charge in [0, 0.05) is 19.3 Å². The summed E-state index contributed by atoms with van der Waals surface area (Å²) in [5.74, 6) is 0.218. The third-order valence-electron chi connectivity index (χ3n) is 5.78. The van der Waals surface area contributed by atoms with Crippen LogP contribution in [0.1, 0.15) is 30.5 Å². The summed E-state index contributed by atoms with van der Waals surface area (Å²) in [7, 11) is -2.11. The number of rotatable bonds is 5. The van der Waals surface area contributed by atoms with Crippen LogP contribution in [0.15, 0.2) is 35.4 Å². The second-order valence-electron chi connectivity index (χ2n) is 7.72. The molecule has 1 aromatic heterocycles. The minimum absolute atomic E-state index is 0.0149. The summed E-state index contributed by atoms with van der Waals surface area (Å²) in [6, 6.07) is 4.13. The third kappa shape index (κ3) is 3.63. The van der Waals surface area contributed by atoms with Crippen LogP contribution in [-0.4, -0.2) is 41.2 Å². The highest BCUT2D eigenvalue weighted by atomic mass is 32.2. The molecule has 0 unspecified atom stereocenters. The van der Waals surface area contributed by atoms with E-state index >= 15 is 0 Å². The second kappa shape index (κ2) is 7.02. The van der Waals surface area contributed by atoms with Gasteiger partial charge in [-0.2, -0.15) is 22.6 Å². The maximum atomic E-state index is 13.3. The van der Waals surface area contributed by atoms with Crippen LogP contribution in [0.3, 0.4) is 0 Å². The average Bonchev–Trinajstić information content (AvgIpc) is 3.33. The minimum atomic E-state index is -4.46. The summed E-state index contributed by atoms with van der Waals surface area (Å²) in [6.07, 6.45) is -0.557. The molecule has 0 amide bonds. The molecule has 2 aromatic rings. The maximum absolute atomic E-state index is 13.3. The lowest BCUT2D eigenvalue weighted by Crippen LogP contribution is -2.47. The molecule has 2 heterocycles. The number of aromatic nitrogens is 2. The van der Waals surface area contributed by atoms with E-state index in [1.807, 2.05) is 0 Å². The number of alkyl halides is 3. The van der Waals surface area contributed by atoms with E-state index < -0.39 is 27.8 Å². The van der Waals surface area contributed by atoms with Crippen molar-refractivity contribution in [3.05, 3.63) is 41.7 Å². The van der Waals surface area contributed by atoms with Crippen molar-refractivity contribution in [3.8, 4) is 5.75 Å². The number of benzene rings is 1. The number of ether oxygens (including phenoxy) is 1. The van der Waals surface area contributed by atoms with Crippen LogP contribution in [0.2, 0.25) is 0 Å². The molecule has 2 aliphatic rings. The van der Waals surface area contributed by atoms with Crippen LogP contribution >= 0.6 is 0 Å². The normalized spacial score (nSPS) is 24.9. The van der Waals surface area contributed by atoms with Gasteiger partial charge < -0.3 is 4.74 Å². The van der Waals surface area contributed by atoms with Gasteiger partial charge in [0.05, 0.1) is 17.3 Å². The summed E-state index contributed by atoms with van der Waals surface area (Å²) in [4.78, 5) is 0.164. The predicted octanol–water partition coefficient (Wildman–Crippen LogP) is 3.37. The SMILES string of the molecule is Cc1nn(C)cc1S(=O)(=O)N1[C@@H]2CC[C@@H](C2)[C@@H]1COc1cccc(C(F)(F)F)c1. The molecule has 2 bridgehead atoms. The topological polar surface area (TPSA) is 64.4 Å². The van der Waals surface area contributed by atoms with Gasteiger partial charge in [-0.25, -0.2) is 8.42 Å². The zero-order valence-electron chi connectivity index (χ0n) is 16.1. The highest BCUT2D eigenvalue weighted by molar-refractivity contribution is 7.89. The summed E-state index contributed by atoms with van der Waals surface area (Å²) in [5.41, 5.74) is -0.369. The van der Waals surface area contributed by atoms with Gasteiger partial charge in [0.15, 0.2) is 0 Å². The molecule has 1 aromatic carbocycles. The molecule has 1 aliphatic carbocycles. The van der Waals surface area contributed by atoms with Crippen molar-refractivity contribution >= 4 is 10.0 Å². The summed E-state index contributed by atoms with van der Waals surface area (Å²) < 4.78 is 74.1. The van der Waals surface area contributed by atoms with Crippen LogP contribution in [0, 0.1) is 12.8 Å². The monoisotopic (exact) mass is 429 g/mol. The van der Waals surface area contributed by atoms with E-state index in [0.717, 1.165) is 31.4 Å². The average molecular weight is 429 g/mol. The molecule has 0 N–H and O–H groups in total. The number of hydrogen-bond donors (Lipinski definition) is 0. The summed E-state index contributed by atoms with van der Waals surface area (Å²) >= 11 is 0. The van der Waals surface area contributed by atoms with E-state index in [2.05, 4.69) is 5.10 Å². The molecule has 3 atom stereocenters. The molecule has 0 spiro atoms. The zero-order valence-corrected chi connectivity index (χ0v) is 16.9. The van der Waals surface area contributed by atoms with E-state index in [9.17, 15) is 21.6 Å². The molecular formula is C19H22F3N3O3S. The van der Waals surface area contributed by atoms with Crippen LogP contribution < -0.4 is 4.74 Å². The molecule has 1 saturated carbocycles. The van der Waals surface area contributed by atoms with Gasteiger partial charge >= 0.3 is 6.18 Å². The molecule has 1 saturated heterocycles. The van der Waals surface area contributed by atoms with Gasteiger partial charge in [-0.3, -0.25) is 4.68 Å². The number of halogens is 3. The van der Waals surface area contributed by atoms with Gasteiger partial charge in [-0.15, -0.1) is 0 Å². The Morgan fingerprint density at radius 1 is 1.28 bits per heavy atom. The van der Waals surface area contributed by atoms with Crippen LogP contribution in [0.4, 0.5) is 13.2 Å². The first-order valence-corrected chi connectivity index (χ1v) is 10.8. The van der Waals surface area contributed by atoms with Gasteiger partial charge in [-0.1, -0.05) is 6.07 Å². The van der Waals surface area contributed by atoms with Gasteiger partial charge in [0.2, 0.25) is 10.0 Å². The molecule has 6 nitrogen and oxygen atoms in total. The van der Waals surface area contributed by atoms with E-state index in [1.54, 1.807) is 14.0 Å². The highest BCUT2D eigenvalue weighted by Crippen LogP contribution is 2.45. The first-order valence-electron chi connectivity index (χ1n) is 9.41. The Bertz CT molecular complexity index is 1020. The summed E-state index contributed by atoms with van der Waals surface area (Å²) in [5, 5.41) is 4.14. The first kappa shape index (κ1) is 20.2. The molecular weight excluding hydrogens is 407 g/mol. The van der Waals surface area contributed by atoms with E-state index in [1.165, 1.54) is 27.3 Å². The Balaban J connectivity index is 1.58. The lowest BCUT2D eigenvalue weighted by Gasteiger charge is -2.34. The second-order valence-corrected chi connectivity index (χ2v) is 9.53. The minimum Gasteiger partial charge on any atom is -0.492 e. The number of piperidine rings is 1. The Morgan fingerprint density at radius 2 is 2.03 bits per heavy atom. The lowest BCUT2D eigenvalue weighted by atomic mass is 10.0. The van der Waals surface area contributed by atoms with Crippen molar-refractivity contribution in [1.29, 1.82) is 0 Å². The fourth-order valence-electron chi connectivity index (χ4n) is 4.52. The van der Waals surface area contributed by atoms with Gasteiger partial charge in [0.25, 0.3) is 0 Å². The van der Waals surface area contributed by atoms with E-state index in [0.29, 0.717) is 5.69 Å². The summed E-state index contributed by atoms with van der Waals surface area (Å²) in [6.45, 7) is 1.66. The highest BCUT2D eigenvalue weighted by Gasteiger charge is 2.52. The number of hydrogen-bond acceptors (Lipinski definition) is 4.